The molecule has 4 heteroatoms. The van der Waals surface area contributed by atoms with Gasteiger partial charge in [-0.15, -0.1) is 11.3 Å². The Morgan fingerprint density at radius 1 is 1.26 bits per heavy atom. The molecule has 0 aliphatic heterocycles. The molecule has 1 atom stereocenters. The minimum absolute atomic E-state index is 0.176. The van der Waals surface area contributed by atoms with Gasteiger partial charge in [-0.3, -0.25) is 0 Å². The van der Waals surface area contributed by atoms with Gasteiger partial charge in [-0.25, -0.2) is 9.37 Å². The van der Waals surface area contributed by atoms with E-state index in [2.05, 4.69) is 15.7 Å². The van der Waals surface area contributed by atoms with E-state index in [4.69, 9.17) is 0 Å². The second-order valence-electron chi connectivity index (χ2n) is 4.84. The van der Waals surface area contributed by atoms with Crippen molar-refractivity contribution in [3.05, 3.63) is 51.7 Å². The van der Waals surface area contributed by atoms with Crippen LogP contribution in [-0.2, 0) is 12.8 Å². The van der Waals surface area contributed by atoms with Gasteiger partial charge in [-0.2, -0.15) is 0 Å². The average Bonchev–Trinajstić information content (AvgIpc) is 2.78. The van der Waals surface area contributed by atoms with E-state index in [-0.39, 0.29) is 5.82 Å². The number of rotatable bonds is 6. The Balaban J connectivity index is 2.01. The number of nitrogens with one attached hydrogen (secondary N) is 1. The predicted octanol–water partition coefficient (Wildman–Crippen LogP) is 3.21. The first-order chi connectivity index (χ1) is 9.17. The van der Waals surface area contributed by atoms with Gasteiger partial charge < -0.3 is 5.32 Å². The maximum absolute atomic E-state index is 12.9. The second-order valence-corrected chi connectivity index (χ2v) is 5.78. The Hall–Kier alpha value is -1.26. The summed E-state index contributed by atoms with van der Waals surface area (Å²) in [4.78, 5) is 4.52. The molecular formula is C15H19FN2S. The lowest BCUT2D eigenvalue weighted by Crippen LogP contribution is -2.22. The highest BCUT2D eigenvalue weighted by atomic mass is 32.1. The van der Waals surface area contributed by atoms with Gasteiger partial charge in [0.2, 0.25) is 0 Å². The highest BCUT2D eigenvalue weighted by Crippen LogP contribution is 2.17. The number of halogens is 1. The molecule has 19 heavy (non-hydrogen) atoms. The molecule has 1 aromatic heterocycles. The van der Waals surface area contributed by atoms with Crippen LogP contribution in [0.5, 0.6) is 0 Å². The molecule has 2 rings (SSSR count). The molecule has 102 valence electrons. The van der Waals surface area contributed by atoms with Crippen LogP contribution in [-0.4, -0.2) is 18.6 Å². The summed E-state index contributed by atoms with van der Waals surface area (Å²) in [6.45, 7) is 2.96. The van der Waals surface area contributed by atoms with Crippen molar-refractivity contribution < 1.29 is 4.39 Å². The maximum Gasteiger partial charge on any atom is 0.123 e. The molecule has 0 spiro atoms. The standard InChI is InChI=1S/C15H19FN2S/c1-11-10-19-15(18-11)8-13(9-17-2)7-12-3-5-14(16)6-4-12/h3-6,10,13,17H,7-9H2,1-2H3. The van der Waals surface area contributed by atoms with Crippen LogP contribution >= 0.6 is 11.3 Å². The molecule has 1 heterocycles. The third-order valence-electron chi connectivity index (χ3n) is 3.06. The van der Waals surface area contributed by atoms with Gasteiger partial charge in [0.05, 0.1) is 5.01 Å². The summed E-state index contributed by atoms with van der Waals surface area (Å²) in [5.41, 5.74) is 2.26. The van der Waals surface area contributed by atoms with Crippen LogP contribution in [0.4, 0.5) is 4.39 Å². The number of nitrogens with zero attached hydrogens (tertiary/aromatic N) is 1. The number of aromatic nitrogens is 1. The van der Waals surface area contributed by atoms with Crippen LogP contribution in [0, 0.1) is 18.7 Å². The number of hydrogen-bond acceptors (Lipinski definition) is 3. The molecule has 0 bridgehead atoms. The van der Waals surface area contributed by atoms with E-state index in [0.717, 1.165) is 25.1 Å². The molecule has 0 radical (unpaired) electrons. The van der Waals surface area contributed by atoms with Gasteiger partial charge in [0.25, 0.3) is 0 Å². The van der Waals surface area contributed by atoms with Gasteiger partial charge >= 0.3 is 0 Å². The number of benzene rings is 1. The number of aryl methyl sites for hydroxylation is 1. The number of hydrogen-bond donors (Lipinski definition) is 1. The van der Waals surface area contributed by atoms with E-state index >= 15 is 0 Å². The van der Waals surface area contributed by atoms with Crippen LogP contribution in [0.1, 0.15) is 16.3 Å². The summed E-state index contributed by atoms with van der Waals surface area (Å²) < 4.78 is 12.9. The summed E-state index contributed by atoms with van der Waals surface area (Å²) >= 11 is 1.72. The minimum Gasteiger partial charge on any atom is -0.319 e. The van der Waals surface area contributed by atoms with Crippen molar-refractivity contribution in [2.24, 2.45) is 5.92 Å². The summed E-state index contributed by atoms with van der Waals surface area (Å²) in [7, 11) is 1.96. The smallest absolute Gasteiger partial charge is 0.123 e. The van der Waals surface area contributed by atoms with Crippen LogP contribution in [0.25, 0.3) is 0 Å². The quantitative estimate of drug-likeness (QED) is 0.877. The van der Waals surface area contributed by atoms with Crippen molar-refractivity contribution >= 4 is 11.3 Å². The Labute approximate surface area is 117 Å². The molecule has 0 saturated carbocycles. The zero-order valence-electron chi connectivity index (χ0n) is 11.3. The van der Waals surface area contributed by atoms with Gasteiger partial charge in [-0.1, -0.05) is 12.1 Å². The fourth-order valence-corrected chi connectivity index (χ4v) is 3.09. The first-order valence-corrected chi connectivity index (χ1v) is 7.35. The van der Waals surface area contributed by atoms with Crippen molar-refractivity contribution in [2.75, 3.05) is 13.6 Å². The van der Waals surface area contributed by atoms with E-state index in [0.29, 0.717) is 5.92 Å². The predicted molar refractivity (Wildman–Crippen MR) is 78.1 cm³/mol. The summed E-state index contributed by atoms with van der Waals surface area (Å²) in [5, 5.41) is 6.50. The second kappa shape index (κ2) is 6.78. The van der Waals surface area contributed by atoms with Crippen molar-refractivity contribution in [1.82, 2.24) is 10.3 Å². The highest BCUT2D eigenvalue weighted by molar-refractivity contribution is 7.09. The first-order valence-electron chi connectivity index (χ1n) is 6.47. The molecule has 0 amide bonds. The zero-order chi connectivity index (χ0) is 13.7. The topological polar surface area (TPSA) is 24.9 Å². The average molecular weight is 278 g/mol. The van der Waals surface area contributed by atoms with E-state index in [1.165, 1.54) is 22.7 Å². The van der Waals surface area contributed by atoms with E-state index in [9.17, 15) is 4.39 Å². The third-order valence-corrected chi connectivity index (χ3v) is 4.05. The summed E-state index contributed by atoms with van der Waals surface area (Å²) in [6.07, 6.45) is 1.91. The zero-order valence-corrected chi connectivity index (χ0v) is 12.1. The lowest BCUT2D eigenvalue weighted by atomic mass is 9.96. The maximum atomic E-state index is 12.9. The van der Waals surface area contributed by atoms with Gasteiger partial charge in [0.1, 0.15) is 5.82 Å². The van der Waals surface area contributed by atoms with Gasteiger partial charge in [0.15, 0.2) is 0 Å². The lowest BCUT2D eigenvalue weighted by molar-refractivity contribution is 0.491. The summed E-state index contributed by atoms with van der Waals surface area (Å²) in [6, 6.07) is 6.79. The molecular weight excluding hydrogens is 259 g/mol. The molecule has 0 saturated heterocycles. The normalized spacial score (nSPS) is 12.6. The number of thiazole rings is 1. The third kappa shape index (κ3) is 4.40. The van der Waals surface area contributed by atoms with Crippen molar-refractivity contribution in [3.63, 3.8) is 0 Å². The fraction of sp³-hybridized carbons (Fsp3) is 0.400. The first kappa shape index (κ1) is 14.2. The van der Waals surface area contributed by atoms with Crippen molar-refractivity contribution in [1.29, 1.82) is 0 Å². The van der Waals surface area contributed by atoms with Gasteiger partial charge in [0, 0.05) is 17.5 Å². The molecule has 0 aliphatic carbocycles. The highest BCUT2D eigenvalue weighted by Gasteiger charge is 2.12. The van der Waals surface area contributed by atoms with Crippen molar-refractivity contribution in [2.45, 2.75) is 19.8 Å². The minimum atomic E-state index is -0.176. The molecule has 2 aromatic rings. The van der Waals surface area contributed by atoms with E-state index in [1.807, 2.05) is 26.1 Å². The molecule has 0 aliphatic rings. The Kier molecular flexibility index (Phi) is 5.05. The Bertz CT molecular complexity index is 507. The van der Waals surface area contributed by atoms with Crippen LogP contribution < -0.4 is 5.32 Å². The molecule has 1 unspecified atom stereocenters. The van der Waals surface area contributed by atoms with E-state index in [1.54, 1.807) is 11.3 Å². The summed E-state index contributed by atoms with van der Waals surface area (Å²) in [5.74, 6) is 0.311. The molecule has 0 fully saturated rings. The monoisotopic (exact) mass is 278 g/mol. The van der Waals surface area contributed by atoms with Crippen LogP contribution in [0.15, 0.2) is 29.6 Å². The van der Waals surface area contributed by atoms with Crippen molar-refractivity contribution in [3.8, 4) is 0 Å². The fourth-order valence-electron chi connectivity index (χ4n) is 2.20. The molecule has 2 nitrogen and oxygen atoms in total. The Morgan fingerprint density at radius 3 is 2.58 bits per heavy atom. The van der Waals surface area contributed by atoms with Crippen LogP contribution in [0.3, 0.4) is 0 Å². The Morgan fingerprint density at radius 2 is 2.00 bits per heavy atom. The van der Waals surface area contributed by atoms with Crippen LogP contribution in [0.2, 0.25) is 0 Å². The molecule has 1 aromatic carbocycles. The van der Waals surface area contributed by atoms with E-state index < -0.39 is 0 Å². The molecule has 1 N–H and O–H groups in total. The van der Waals surface area contributed by atoms with Gasteiger partial charge in [-0.05, 0) is 50.6 Å². The lowest BCUT2D eigenvalue weighted by Gasteiger charge is -2.15. The largest absolute Gasteiger partial charge is 0.319 e. The SMILES string of the molecule is CNCC(Cc1ccc(F)cc1)Cc1nc(C)cs1.